The van der Waals surface area contributed by atoms with E-state index in [0.717, 1.165) is 35.7 Å². The van der Waals surface area contributed by atoms with Crippen molar-refractivity contribution in [3.05, 3.63) is 30.0 Å². The van der Waals surface area contributed by atoms with Gasteiger partial charge in [0.1, 0.15) is 0 Å². The molecule has 1 aliphatic rings. The van der Waals surface area contributed by atoms with Crippen LogP contribution in [-0.4, -0.2) is 30.2 Å². The summed E-state index contributed by atoms with van der Waals surface area (Å²) in [5.41, 5.74) is 3.31. The Morgan fingerprint density at radius 1 is 1.32 bits per heavy atom. The topological polar surface area (TPSA) is 48.3 Å². The molecule has 19 heavy (non-hydrogen) atoms. The Hall–Kier alpha value is -2.01. The lowest BCUT2D eigenvalue weighted by atomic mass is 10.1. The summed E-state index contributed by atoms with van der Waals surface area (Å²) in [5, 5.41) is 7.72. The van der Waals surface area contributed by atoms with Gasteiger partial charge in [-0.3, -0.25) is 4.68 Å². The summed E-state index contributed by atoms with van der Waals surface area (Å²) in [5.74, 6) is 1.60. The van der Waals surface area contributed by atoms with Crippen LogP contribution in [0.15, 0.2) is 24.4 Å². The van der Waals surface area contributed by atoms with E-state index in [9.17, 15) is 0 Å². The molecule has 0 amide bonds. The maximum Gasteiger partial charge on any atom is 0.231 e. The van der Waals surface area contributed by atoms with Crippen molar-refractivity contribution >= 4 is 0 Å². The van der Waals surface area contributed by atoms with Gasteiger partial charge in [0.15, 0.2) is 11.5 Å². The maximum absolute atomic E-state index is 5.42. The van der Waals surface area contributed by atoms with Gasteiger partial charge in [-0.25, -0.2) is 0 Å². The normalized spacial score (nSPS) is 12.9. The van der Waals surface area contributed by atoms with Crippen LogP contribution in [0.2, 0.25) is 0 Å². The lowest BCUT2D eigenvalue weighted by Crippen LogP contribution is -2.10. The number of fused-ring (bicyclic) bond motifs is 1. The molecule has 0 spiro atoms. The summed E-state index contributed by atoms with van der Waals surface area (Å²) in [6, 6.07) is 5.96. The lowest BCUT2D eigenvalue weighted by molar-refractivity contribution is 0.174. The Morgan fingerprint density at radius 2 is 2.16 bits per heavy atom. The van der Waals surface area contributed by atoms with Crippen molar-refractivity contribution in [3.8, 4) is 22.8 Å². The molecule has 0 fully saturated rings. The molecule has 1 aromatic carbocycles. The molecule has 0 bridgehead atoms. The Morgan fingerprint density at radius 3 is 3.00 bits per heavy atom. The molecule has 1 aliphatic heterocycles. The fourth-order valence-corrected chi connectivity index (χ4v) is 2.27. The minimum atomic E-state index is 0.299. The molecule has 0 saturated carbocycles. The van der Waals surface area contributed by atoms with Gasteiger partial charge in [-0.15, -0.1) is 0 Å². The quantitative estimate of drug-likeness (QED) is 0.905. The zero-order valence-corrected chi connectivity index (χ0v) is 11.1. The molecular weight excluding hydrogens is 242 g/mol. The lowest BCUT2D eigenvalue weighted by Gasteiger charge is -2.03. The minimum absolute atomic E-state index is 0.299. The number of nitrogens with zero attached hydrogens (tertiary/aromatic N) is 2. The van der Waals surface area contributed by atoms with Crippen LogP contribution in [0.25, 0.3) is 11.3 Å². The molecule has 0 unspecified atom stereocenters. The van der Waals surface area contributed by atoms with E-state index in [4.69, 9.17) is 9.47 Å². The highest BCUT2D eigenvalue weighted by molar-refractivity contribution is 5.67. The highest BCUT2D eigenvalue weighted by Gasteiger charge is 2.16. The summed E-state index contributed by atoms with van der Waals surface area (Å²) in [7, 11) is 3.90. The van der Waals surface area contributed by atoms with E-state index >= 15 is 0 Å². The molecule has 0 atom stereocenters. The van der Waals surface area contributed by atoms with Crippen molar-refractivity contribution in [3.63, 3.8) is 0 Å². The van der Waals surface area contributed by atoms with Crippen LogP contribution in [0.3, 0.4) is 0 Å². The van der Waals surface area contributed by atoms with Gasteiger partial charge >= 0.3 is 0 Å². The highest BCUT2D eigenvalue weighted by Crippen LogP contribution is 2.36. The molecule has 5 heteroatoms. The van der Waals surface area contributed by atoms with Gasteiger partial charge in [-0.05, 0) is 43.8 Å². The van der Waals surface area contributed by atoms with Crippen molar-refractivity contribution in [2.45, 2.75) is 6.42 Å². The monoisotopic (exact) mass is 259 g/mol. The Bertz CT molecular complexity index is 592. The van der Waals surface area contributed by atoms with E-state index in [-0.39, 0.29) is 0 Å². The van der Waals surface area contributed by atoms with Crippen LogP contribution < -0.4 is 14.8 Å². The summed E-state index contributed by atoms with van der Waals surface area (Å²) < 4.78 is 12.6. The molecule has 1 N–H and O–H groups in total. The largest absolute Gasteiger partial charge is 0.454 e. The second-order valence-electron chi connectivity index (χ2n) is 4.60. The van der Waals surface area contributed by atoms with Crippen molar-refractivity contribution < 1.29 is 9.47 Å². The predicted molar refractivity (Wildman–Crippen MR) is 72.4 cm³/mol. The van der Waals surface area contributed by atoms with Crippen LogP contribution in [0.5, 0.6) is 11.5 Å². The molecule has 5 nitrogen and oxygen atoms in total. The van der Waals surface area contributed by atoms with Gasteiger partial charge < -0.3 is 14.8 Å². The van der Waals surface area contributed by atoms with Crippen molar-refractivity contribution in [1.29, 1.82) is 0 Å². The van der Waals surface area contributed by atoms with Crippen molar-refractivity contribution in [1.82, 2.24) is 15.1 Å². The van der Waals surface area contributed by atoms with Gasteiger partial charge in [-0.1, -0.05) is 0 Å². The van der Waals surface area contributed by atoms with Gasteiger partial charge in [0.25, 0.3) is 0 Å². The Labute approximate surface area is 112 Å². The van der Waals surface area contributed by atoms with Crippen LogP contribution in [0.4, 0.5) is 0 Å². The summed E-state index contributed by atoms with van der Waals surface area (Å²) in [4.78, 5) is 0. The second kappa shape index (κ2) is 4.93. The van der Waals surface area contributed by atoms with E-state index in [1.165, 1.54) is 5.56 Å². The third-order valence-electron chi connectivity index (χ3n) is 3.19. The standard InChI is InChI=1S/C14H17N3O2/c1-15-6-5-11-8-17(2)16-14(11)10-3-4-12-13(7-10)19-9-18-12/h3-4,7-8,15H,5-6,9H2,1-2H3. The Kier molecular flexibility index (Phi) is 3.13. The number of hydrogen-bond acceptors (Lipinski definition) is 4. The van der Waals surface area contributed by atoms with E-state index < -0.39 is 0 Å². The van der Waals surface area contributed by atoms with E-state index in [2.05, 4.69) is 16.6 Å². The first-order valence-electron chi connectivity index (χ1n) is 6.35. The SMILES string of the molecule is CNCCc1cn(C)nc1-c1ccc2c(c1)OCO2. The summed E-state index contributed by atoms with van der Waals surface area (Å²) in [6.07, 6.45) is 3.02. The molecule has 2 heterocycles. The average Bonchev–Trinajstić information content (AvgIpc) is 3.01. The third kappa shape index (κ3) is 2.29. The molecule has 3 rings (SSSR count). The first-order valence-corrected chi connectivity index (χ1v) is 6.35. The molecule has 0 aliphatic carbocycles. The fraction of sp³-hybridized carbons (Fsp3) is 0.357. The number of likely N-dealkylation sites (N-methyl/N-ethyl adjacent to an activating group) is 1. The molecule has 100 valence electrons. The minimum Gasteiger partial charge on any atom is -0.454 e. The fourth-order valence-electron chi connectivity index (χ4n) is 2.27. The molecule has 2 aromatic rings. The van der Waals surface area contributed by atoms with Gasteiger partial charge in [0.2, 0.25) is 6.79 Å². The van der Waals surface area contributed by atoms with Crippen molar-refractivity contribution in [2.24, 2.45) is 7.05 Å². The number of benzene rings is 1. The molecule has 0 radical (unpaired) electrons. The first kappa shape index (κ1) is 12.0. The zero-order valence-electron chi connectivity index (χ0n) is 11.1. The first-order chi connectivity index (χ1) is 9.28. The number of ether oxygens (including phenoxy) is 2. The molecular formula is C14H17N3O2. The Balaban J connectivity index is 1.97. The number of rotatable bonds is 4. The number of nitrogens with one attached hydrogen (secondary N) is 1. The van der Waals surface area contributed by atoms with E-state index in [1.54, 1.807) is 0 Å². The van der Waals surface area contributed by atoms with Crippen LogP contribution >= 0.6 is 0 Å². The van der Waals surface area contributed by atoms with Gasteiger partial charge in [0.05, 0.1) is 5.69 Å². The zero-order chi connectivity index (χ0) is 13.2. The van der Waals surface area contributed by atoms with Gasteiger partial charge in [-0.2, -0.15) is 5.10 Å². The third-order valence-corrected chi connectivity index (χ3v) is 3.19. The van der Waals surface area contributed by atoms with E-state index in [0.29, 0.717) is 6.79 Å². The number of hydrogen-bond donors (Lipinski definition) is 1. The smallest absolute Gasteiger partial charge is 0.231 e. The van der Waals surface area contributed by atoms with Gasteiger partial charge in [0, 0.05) is 18.8 Å². The second-order valence-corrected chi connectivity index (χ2v) is 4.60. The number of aromatic nitrogens is 2. The van der Waals surface area contributed by atoms with Crippen LogP contribution in [-0.2, 0) is 13.5 Å². The van der Waals surface area contributed by atoms with E-state index in [1.807, 2.05) is 37.0 Å². The van der Waals surface area contributed by atoms with Crippen molar-refractivity contribution in [2.75, 3.05) is 20.4 Å². The highest BCUT2D eigenvalue weighted by atomic mass is 16.7. The number of aryl methyl sites for hydroxylation is 1. The van der Waals surface area contributed by atoms with Crippen LogP contribution in [0, 0.1) is 0 Å². The van der Waals surface area contributed by atoms with Crippen LogP contribution in [0.1, 0.15) is 5.56 Å². The molecule has 1 aromatic heterocycles. The molecule has 0 saturated heterocycles. The maximum atomic E-state index is 5.42. The average molecular weight is 259 g/mol. The predicted octanol–water partition coefficient (Wildman–Crippen LogP) is 1.58. The summed E-state index contributed by atoms with van der Waals surface area (Å²) >= 11 is 0. The summed E-state index contributed by atoms with van der Waals surface area (Å²) in [6.45, 7) is 1.23.